The molecule has 2 unspecified atom stereocenters. The van der Waals surface area contributed by atoms with Gasteiger partial charge < -0.3 is 0 Å². The first kappa shape index (κ1) is 8.67. The Balaban J connectivity index is 2.37. The molecule has 0 N–H and O–H groups in total. The van der Waals surface area contributed by atoms with Crippen molar-refractivity contribution in [2.45, 2.75) is 37.4 Å². The number of hydrogen-bond acceptors (Lipinski definition) is 0. The second kappa shape index (κ2) is 2.91. The highest BCUT2D eigenvalue weighted by Gasteiger charge is 2.60. The molecule has 0 aromatic heterocycles. The van der Waals surface area contributed by atoms with Crippen molar-refractivity contribution in [2.75, 3.05) is 0 Å². The molecule has 0 radical (unpaired) electrons. The van der Waals surface area contributed by atoms with Gasteiger partial charge >= 0.3 is 0 Å². The summed E-state index contributed by atoms with van der Waals surface area (Å²) in [4.78, 5) is 0. The fourth-order valence-electron chi connectivity index (χ4n) is 1.72. The van der Waals surface area contributed by atoms with Crippen LogP contribution in [0.15, 0.2) is 0 Å². The first-order valence-corrected chi connectivity index (χ1v) is 4.78. The average Bonchev–Trinajstić information content (AvgIpc) is 2.36. The highest BCUT2D eigenvalue weighted by atomic mass is 35.5. The quantitative estimate of drug-likeness (QED) is 0.583. The number of rotatable bonds is 3. The standard InChI is InChI=1S/C8H14Cl2/c1-3-5-7-6(4-2)8(7,9)10/h6-7H,3-5H2,1-2H3. The Morgan fingerprint density at radius 2 is 1.80 bits per heavy atom. The van der Waals surface area contributed by atoms with Crippen LogP contribution < -0.4 is 0 Å². The molecular formula is C8H14Cl2. The third kappa shape index (κ3) is 1.29. The minimum atomic E-state index is -0.370. The van der Waals surface area contributed by atoms with Crippen molar-refractivity contribution in [2.24, 2.45) is 11.8 Å². The second-order valence-corrected chi connectivity index (χ2v) is 4.53. The zero-order chi connectivity index (χ0) is 7.78. The van der Waals surface area contributed by atoms with E-state index in [9.17, 15) is 0 Å². The van der Waals surface area contributed by atoms with Crippen LogP contribution in [-0.2, 0) is 0 Å². The Bertz CT molecular complexity index is 120. The van der Waals surface area contributed by atoms with E-state index in [-0.39, 0.29) is 4.33 Å². The minimum Gasteiger partial charge on any atom is -0.101 e. The van der Waals surface area contributed by atoms with Gasteiger partial charge in [0.25, 0.3) is 0 Å². The Morgan fingerprint density at radius 3 is 2.10 bits per heavy atom. The van der Waals surface area contributed by atoms with Crippen LogP contribution in [0.5, 0.6) is 0 Å². The molecule has 0 aliphatic heterocycles. The van der Waals surface area contributed by atoms with Crippen LogP contribution in [0.3, 0.4) is 0 Å². The van der Waals surface area contributed by atoms with E-state index in [1.807, 2.05) is 0 Å². The van der Waals surface area contributed by atoms with Gasteiger partial charge in [0.2, 0.25) is 0 Å². The molecule has 0 amide bonds. The zero-order valence-corrected chi connectivity index (χ0v) is 8.04. The van der Waals surface area contributed by atoms with E-state index in [4.69, 9.17) is 23.2 Å². The van der Waals surface area contributed by atoms with Gasteiger partial charge in [0, 0.05) is 0 Å². The van der Waals surface area contributed by atoms with E-state index < -0.39 is 0 Å². The van der Waals surface area contributed by atoms with Gasteiger partial charge in [-0.1, -0.05) is 26.7 Å². The second-order valence-electron chi connectivity index (χ2n) is 3.08. The normalized spacial score (nSPS) is 36.0. The van der Waals surface area contributed by atoms with Crippen LogP contribution in [0.2, 0.25) is 0 Å². The lowest BCUT2D eigenvalue weighted by Crippen LogP contribution is -1.89. The summed E-state index contributed by atoms with van der Waals surface area (Å²) < 4.78 is -0.370. The molecule has 0 aromatic rings. The van der Waals surface area contributed by atoms with Crippen LogP contribution in [0.4, 0.5) is 0 Å². The molecule has 60 valence electrons. The molecule has 1 aliphatic rings. The van der Waals surface area contributed by atoms with Crippen molar-refractivity contribution in [3.63, 3.8) is 0 Å². The summed E-state index contributed by atoms with van der Waals surface area (Å²) in [6, 6.07) is 0. The molecule has 0 spiro atoms. The highest BCUT2D eigenvalue weighted by Crippen LogP contribution is 2.62. The van der Waals surface area contributed by atoms with Gasteiger partial charge in [0.05, 0.1) is 0 Å². The van der Waals surface area contributed by atoms with Crippen molar-refractivity contribution in [1.82, 2.24) is 0 Å². The third-order valence-electron chi connectivity index (χ3n) is 2.40. The van der Waals surface area contributed by atoms with Crippen molar-refractivity contribution in [1.29, 1.82) is 0 Å². The molecule has 1 saturated carbocycles. The summed E-state index contributed by atoms with van der Waals surface area (Å²) in [6.45, 7) is 4.33. The first-order chi connectivity index (χ1) is 4.64. The molecule has 0 saturated heterocycles. The molecule has 0 heterocycles. The van der Waals surface area contributed by atoms with Gasteiger partial charge in [-0.2, -0.15) is 0 Å². The molecule has 2 atom stereocenters. The lowest BCUT2D eigenvalue weighted by Gasteiger charge is -1.93. The smallest absolute Gasteiger partial charge is 0.101 e. The van der Waals surface area contributed by atoms with Crippen LogP contribution in [0, 0.1) is 11.8 Å². The molecule has 1 aliphatic carbocycles. The SMILES string of the molecule is CCCC1C(CC)C1(Cl)Cl. The number of halogens is 2. The number of hydrogen-bond donors (Lipinski definition) is 0. The Kier molecular flexibility index (Phi) is 2.52. The first-order valence-electron chi connectivity index (χ1n) is 4.02. The fourth-order valence-corrected chi connectivity index (χ4v) is 2.73. The van der Waals surface area contributed by atoms with E-state index in [2.05, 4.69) is 13.8 Å². The van der Waals surface area contributed by atoms with Crippen molar-refractivity contribution in [3.05, 3.63) is 0 Å². The predicted molar refractivity (Wildman–Crippen MR) is 46.6 cm³/mol. The molecule has 2 heteroatoms. The Hall–Kier alpha value is 0.580. The van der Waals surface area contributed by atoms with Crippen LogP contribution in [0.25, 0.3) is 0 Å². The fraction of sp³-hybridized carbons (Fsp3) is 1.00. The summed E-state index contributed by atoms with van der Waals surface area (Å²) in [5.74, 6) is 1.14. The van der Waals surface area contributed by atoms with Crippen molar-refractivity contribution >= 4 is 23.2 Å². The third-order valence-corrected chi connectivity index (χ3v) is 3.53. The molecule has 0 aromatic carbocycles. The van der Waals surface area contributed by atoms with Crippen LogP contribution in [-0.4, -0.2) is 4.33 Å². The van der Waals surface area contributed by atoms with Gasteiger partial charge in [-0.05, 0) is 18.3 Å². The van der Waals surface area contributed by atoms with Crippen molar-refractivity contribution in [3.8, 4) is 0 Å². The zero-order valence-electron chi connectivity index (χ0n) is 6.53. The highest BCUT2D eigenvalue weighted by molar-refractivity contribution is 6.51. The van der Waals surface area contributed by atoms with E-state index in [0.717, 1.165) is 6.42 Å². The molecule has 10 heavy (non-hydrogen) atoms. The van der Waals surface area contributed by atoms with Gasteiger partial charge in [-0.25, -0.2) is 0 Å². The summed E-state index contributed by atoms with van der Waals surface area (Å²) in [6.07, 6.45) is 3.51. The Labute approximate surface area is 72.9 Å². The molecule has 0 nitrogen and oxygen atoms in total. The van der Waals surface area contributed by atoms with Crippen molar-refractivity contribution < 1.29 is 0 Å². The van der Waals surface area contributed by atoms with Crippen LogP contribution >= 0.6 is 23.2 Å². The van der Waals surface area contributed by atoms with Crippen LogP contribution in [0.1, 0.15) is 33.1 Å². The average molecular weight is 181 g/mol. The molecule has 0 bridgehead atoms. The summed E-state index contributed by atoms with van der Waals surface area (Å²) in [5, 5.41) is 0. The van der Waals surface area contributed by atoms with Gasteiger partial charge in [0.15, 0.2) is 0 Å². The van der Waals surface area contributed by atoms with Gasteiger partial charge in [-0.3, -0.25) is 0 Å². The summed E-state index contributed by atoms with van der Waals surface area (Å²) in [5.41, 5.74) is 0. The van der Waals surface area contributed by atoms with Gasteiger partial charge in [0.1, 0.15) is 4.33 Å². The number of alkyl halides is 2. The minimum absolute atomic E-state index is 0.370. The monoisotopic (exact) mass is 180 g/mol. The molecular weight excluding hydrogens is 167 g/mol. The summed E-state index contributed by atoms with van der Waals surface area (Å²) in [7, 11) is 0. The molecule has 1 rings (SSSR count). The maximum absolute atomic E-state index is 6.02. The van der Waals surface area contributed by atoms with E-state index in [1.54, 1.807) is 0 Å². The summed E-state index contributed by atoms with van der Waals surface area (Å²) >= 11 is 12.0. The lowest BCUT2D eigenvalue weighted by molar-refractivity contribution is 0.621. The largest absolute Gasteiger partial charge is 0.124 e. The topological polar surface area (TPSA) is 0 Å². The van der Waals surface area contributed by atoms with E-state index >= 15 is 0 Å². The predicted octanol–water partition coefficient (Wildman–Crippen LogP) is 3.62. The molecule has 1 fully saturated rings. The van der Waals surface area contributed by atoms with E-state index in [0.29, 0.717) is 11.8 Å². The van der Waals surface area contributed by atoms with E-state index in [1.165, 1.54) is 12.8 Å². The Morgan fingerprint density at radius 1 is 1.20 bits per heavy atom. The maximum atomic E-state index is 6.02. The van der Waals surface area contributed by atoms with Gasteiger partial charge in [-0.15, -0.1) is 23.2 Å². The maximum Gasteiger partial charge on any atom is 0.124 e. The lowest BCUT2D eigenvalue weighted by atomic mass is 10.2.